The standard InChI is InChI=1S/C22H23N3O5S/c1-27-8-7-23-22-25(24-13-15-3-5-18(26)20(11-15)28-2)17(14-31-22)16-4-6-19-21(12-16)30-10-9-29-19/h3-6,11-14,26H,7-10H2,1-2H3. The van der Waals surface area contributed by atoms with Crippen molar-refractivity contribution in [3.63, 3.8) is 0 Å². The summed E-state index contributed by atoms with van der Waals surface area (Å²) in [4.78, 5) is 5.35. The fourth-order valence-electron chi connectivity index (χ4n) is 3.05. The van der Waals surface area contributed by atoms with Gasteiger partial charge in [0.15, 0.2) is 23.0 Å². The molecule has 0 aliphatic carbocycles. The number of phenols is 1. The van der Waals surface area contributed by atoms with E-state index in [9.17, 15) is 5.11 Å². The zero-order valence-electron chi connectivity index (χ0n) is 17.3. The van der Waals surface area contributed by atoms with Crippen LogP contribution in [0.3, 0.4) is 0 Å². The predicted octanol–water partition coefficient (Wildman–Crippen LogP) is 3.13. The molecule has 0 saturated carbocycles. The molecule has 0 bridgehead atoms. The van der Waals surface area contributed by atoms with Crippen molar-refractivity contribution in [2.45, 2.75) is 0 Å². The summed E-state index contributed by atoms with van der Waals surface area (Å²) in [5, 5.41) is 16.5. The van der Waals surface area contributed by atoms with Crippen molar-refractivity contribution in [2.75, 3.05) is 40.6 Å². The van der Waals surface area contributed by atoms with Gasteiger partial charge in [0.2, 0.25) is 4.80 Å². The lowest BCUT2D eigenvalue weighted by molar-refractivity contribution is 0.171. The van der Waals surface area contributed by atoms with Gasteiger partial charge in [-0.05, 0) is 42.0 Å². The maximum Gasteiger partial charge on any atom is 0.206 e. The lowest BCUT2D eigenvalue weighted by Crippen LogP contribution is -2.16. The van der Waals surface area contributed by atoms with Gasteiger partial charge in [0, 0.05) is 18.1 Å². The van der Waals surface area contributed by atoms with Crippen molar-refractivity contribution in [3.8, 4) is 34.3 Å². The summed E-state index contributed by atoms with van der Waals surface area (Å²) in [6.07, 6.45) is 1.70. The van der Waals surface area contributed by atoms with Gasteiger partial charge in [-0.2, -0.15) is 5.10 Å². The van der Waals surface area contributed by atoms with Crippen molar-refractivity contribution in [1.82, 2.24) is 4.68 Å². The van der Waals surface area contributed by atoms with E-state index in [2.05, 4.69) is 10.1 Å². The number of methoxy groups -OCH3 is 2. The van der Waals surface area contributed by atoms with Crippen LogP contribution in [0.15, 0.2) is 51.9 Å². The first-order valence-corrected chi connectivity index (χ1v) is 10.6. The molecule has 1 aromatic heterocycles. The Balaban J connectivity index is 1.74. The third kappa shape index (κ3) is 4.73. The smallest absolute Gasteiger partial charge is 0.206 e. The van der Waals surface area contributed by atoms with Crippen molar-refractivity contribution in [1.29, 1.82) is 0 Å². The molecule has 1 aliphatic rings. The Morgan fingerprint density at radius 2 is 1.97 bits per heavy atom. The first kappa shape index (κ1) is 21.0. The molecule has 0 atom stereocenters. The first-order valence-electron chi connectivity index (χ1n) is 9.71. The molecule has 3 aromatic rings. The lowest BCUT2D eigenvalue weighted by atomic mass is 10.1. The minimum absolute atomic E-state index is 0.0788. The Morgan fingerprint density at radius 1 is 1.13 bits per heavy atom. The summed E-state index contributed by atoms with van der Waals surface area (Å²) in [5.74, 6) is 1.92. The summed E-state index contributed by atoms with van der Waals surface area (Å²) >= 11 is 1.49. The highest BCUT2D eigenvalue weighted by Crippen LogP contribution is 2.34. The quantitative estimate of drug-likeness (QED) is 0.450. The van der Waals surface area contributed by atoms with Gasteiger partial charge in [0.05, 0.1) is 32.2 Å². The molecule has 2 aromatic carbocycles. The van der Waals surface area contributed by atoms with Gasteiger partial charge in [-0.25, -0.2) is 4.68 Å². The maximum atomic E-state index is 9.82. The molecule has 0 radical (unpaired) electrons. The van der Waals surface area contributed by atoms with Crippen LogP contribution in [0.5, 0.6) is 23.0 Å². The molecule has 0 fully saturated rings. The van der Waals surface area contributed by atoms with E-state index < -0.39 is 0 Å². The SMILES string of the molecule is COCCN=c1scc(-c2ccc3c(c2)OCCO3)n1N=Cc1ccc(O)c(OC)c1. The average Bonchev–Trinajstić information content (AvgIpc) is 3.21. The highest BCUT2D eigenvalue weighted by molar-refractivity contribution is 7.07. The second kappa shape index (κ2) is 9.67. The maximum absolute atomic E-state index is 9.82. The number of fused-ring (bicyclic) bond motifs is 1. The van der Waals surface area contributed by atoms with Crippen LogP contribution in [0.4, 0.5) is 0 Å². The Labute approximate surface area is 183 Å². The molecule has 0 spiro atoms. The number of benzene rings is 2. The van der Waals surface area contributed by atoms with Crippen LogP contribution in [0.1, 0.15) is 5.56 Å². The Morgan fingerprint density at radius 3 is 2.77 bits per heavy atom. The van der Waals surface area contributed by atoms with Gasteiger partial charge in [-0.15, -0.1) is 11.3 Å². The Hall–Kier alpha value is -3.30. The third-order valence-corrected chi connectivity index (χ3v) is 5.45. The molecular formula is C22H23N3O5S. The summed E-state index contributed by atoms with van der Waals surface area (Å²) in [6, 6.07) is 10.9. The number of ether oxygens (including phenoxy) is 4. The molecule has 0 unspecified atom stereocenters. The molecule has 0 amide bonds. The van der Waals surface area contributed by atoms with Crippen molar-refractivity contribution >= 4 is 17.6 Å². The van der Waals surface area contributed by atoms with Crippen LogP contribution in [0.25, 0.3) is 11.3 Å². The van der Waals surface area contributed by atoms with E-state index in [0.717, 1.165) is 27.4 Å². The van der Waals surface area contributed by atoms with E-state index in [-0.39, 0.29) is 5.75 Å². The molecule has 31 heavy (non-hydrogen) atoms. The van der Waals surface area contributed by atoms with Crippen LogP contribution < -0.4 is 19.0 Å². The molecule has 162 valence electrons. The minimum Gasteiger partial charge on any atom is -0.504 e. The van der Waals surface area contributed by atoms with Crippen LogP contribution in [0, 0.1) is 0 Å². The molecule has 1 N–H and O–H groups in total. The number of phenolic OH excluding ortho intramolecular Hbond substituents is 1. The van der Waals surface area contributed by atoms with Gasteiger partial charge in [0.1, 0.15) is 13.2 Å². The minimum atomic E-state index is 0.0788. The predicted molar refractivity (Wildman–Crippen MR) is 119 cm³/mol. The van der Waals surface area contributed by atoms with Crippen molar-refractivity contribution in [3.05, 3.63) is 52.1 Å². The fraction of sp³-hybridized carbons (Fsp3) is 0.273. The molecule has 0 saturated heterocycles. The molecule has 9 heteroatoms. The first-order chi connectivity index (χ1) is 15.2. The molecular weight excluding hydrogens is 418 g/mol. The number of aromatic nitrogens is 1. The molecule has 1 aliphatic heterocycles. The van der Waals surface area contributed by atoms with E-state index in [0.29, 0.717) is 37.9 Å². The van der Waals surface area contributed by atoms with Gasteiger partial charge < -0.3 is 24.1 Å². The zero-order chi connectivity index (χ0) is 21.6. The number of hydrogen-bond acceptors (Lipinski definition) is 8. The van der Waals surface area contributed by atoms with E-state index in [1.54, 1.807) is 36.2 Å². The number of rotatable bonds is 7. The number of hydrogen-bond donors (Lipinski definition) is 1. The molecule has 4 rings (SSSR count). The highest BCUT2D eigenvalue weighted by atomic mass is 32.1. The summed E-state index contributed by atoms with van der Waals surface area (Å²) < 4.78 is 23.4. The van der Waals surface area contributed by atoms with Crippen LogP contribution >= 0.6 is 11.3 Å². The molecule has 2 heterocycles. The van der Waals surface area contributed by atoms with Crippen molar-refractivity contribution < 1.29 is 24.1 Å². The van der Waals surface area contributed by atoms with E-state index in [1.165, 1.54) is 18.4 Å². The van der Waals surface area contributed by atoms with Gasteiger partial charge >= 0.3 is 0 Å². The average molecular weight is 442 g/mol. The van der Waals surface area contributed by atoms with Gasteiger partial charge in [-0.1, -0.05) is 0 Å². The van der Waals surface area contributed by atoms with Crippen LogP contribution in [0.2, 0.25) is 0 Å². The Kier molecular flexibility index (Phi) is 6.54. The van der Waals surface area contributed by atoms with Crippen molar-refractivity contribution in [2.24, 2.45) is 10.1 Å². The molecule has 8 nitrogen and oxygen atoms in total. The normalized spacial score (nSPS) is 13.7. The summed E-state index contributed by atoms with van der Waals surface area (Å²) in [5.41, 5.74) is 2.60. The lowest BCUT2D eigenvalue weighted by Gasteiger charge is -2.18. The number of thiazole rings is 1. The van der Waals surface area contributed by atoms with E-state index >= 15 is 0 Å². The summed E-state index contributed by atoms with van der Waals surface area (Å²) in [6.45, 7) is 2.13. The third-order valence-electron chi connectivity index (χ3n) is 4.59. The number of nitrogens with zero attached hydrogens (tertiary/aromatic N) is 3. The second-order valence-electron chi connectivity index (χ2n) is 6.62. The van der Waals surface area contributed by atoms with Crippen LogP contribution in [-0.4, -0.2) is 56.6 Å². The van der Waals surface area contributed by atoms with Crippen LogP contribution in [-0.2, 0) is 4.74 Å². The largest absolute Gasteiger partial charge is 0.504 e. The Bertz CT molecular complexity index is 1150. The monoisotopic (exact) mass is 441 g/mol. The van der Waals surface area contributed by atoms with Gasteiger partial charge in [0.25, 0.3) is 0 Å². The van der Waals surface area contributed by atoms with Gasteiger partial charge in [-0.3, -0.25) is 4.99 Å². The topological polar surface area (TPSA) is 86.8 Å². The second-order valence-corrected chi connectivity index (χ2v) is 7.46. The van der Waals surface area contributed by atoms with E-state index in [1.807, 2.05) is 23.6 Å². The highest BCUT2D eigenvalue weighted by Gasteiger charge is 2.15. The summed E-state index contributed by atoms with van der Waals surface area (Å²) in [7, 11) is 3.16. The van der Waals surface area contributed by atoms with E-state index in [4.69, 9.17) is 18.9 Å². The fourth-order valence-corrected chi connectivity index (χ4v) is 3.92. The zero-order valence-corrected chi connectivity index (χ0v) is 18.1. The number of aromatic hydroxyl groups is 1.